The molecule has 0 aliphatic carbocycles. The van der Waals surface area contributed by atoms with Crippen molar-refractivity contribution >= 4 is 17.5 Å². The van der Waals surface area contributed by atoms with Crippen LogP contribution in [0.4, 0.5) is 0 Å². The first-order valence-electron chi connectivity index (χ1n) is 3.41. The number of ketones is 1. The Bertz CT molecular complexity index is 195. The predicted molar refractivity (Wildman–Crippen MR) is 45.1 cm³/mol. The van der Waals surface area contributed by atoms with Gasteiger partial charge in [-0.1, -0.05) is 6.08 Å². The summed E-state index contributed by atoms with van der Waals surface area (Å²) in [5.41, 5.74) is 0. The lowest BCUT2D eigenvalue weighted by molar-refractivity contribution is -0.118. The molecule has 0 radical (unpaired) electrons. The lowest BCUT2D eigenvalue weighted by Gasteiger charge is -2.18. The topological polar surface area (TPSA) is 17.1 Å². The van der Waals surface area contributed by atoms with E-state index in [1.165, 1.54) is 4.91 Å². The van der Waals surface area contributed by atoms with Crippen molar-refractivity contribution < 1.29 is 4.79 Å². The zero-order valence-corrected chi connectivity index (χ0v) is 7.42. The second-order valence-electron chi connectivity index (χ2n) is 2.91. The summed E-state index contributed by atoms with van der Waals surface area (Å²) in [6.45, 7) is 5.73. The van der Waals surface area contributed by atoms with Gasteiger partial charge >= 0.3 is 0 Å². The zero-order valence-electron chi connectivity index (χ0n) is 6.60. The molecule has 0 aromatic rings. The van der Waals surface area contributed by atoms with Crippen LogP contribution in [0, 0.1) is 0 Å². The van der Waals surface area contributed by atoms with E-state index in [9.17, 15) is 4.79 Å². The molecule has 1 nitrogen and oxygen atoms in total. The molecule has 0 N–H and O–H groups in total. The maximum atomic E-state index is 11.1. The molecule has 10 heavy (non-hydrogen) atoms. The summed E-state index contributed by atoms with van der Waals surface area (Å²) >= 11 is 1.69. The van der Waals surface area contributed by atoms with E-state index in [0.29, 0.717) is 0 Å². The van der Waals surface area contributed by atoms with E-state index < -0.39 is 0 Å². The molecular formula is C8H12OS. The van der Waals surface area contributed by atoms with E-state index in [0.717, 1.165) is 6.42 Å². The zero-order chi connectivity index (χ0) is 7.78. The van der Waals surface area contributed by atoms with Gasteiger partial charge in [0.05, 0.1) is 4.75 Å². The number of carbonyl (C=O) groups excluding carboxylic acids is 1. The molecule has 1 heterocycles. The Morgan fingerprint density at radius 3 is 2.60 bits per heavy atom. The lowest BCUT2D eigenvalue weighted by atomic mass is 10.0. The monoisotopic (exact) mass is 156 g/mol. The molecule has 0 amide bonds. The quantitative estimate of drug-likeness (QED) is 0.579. The molecule has 1 aliphatic heterocycles. The van der Waals surface area contributed by atoms with Crippen molar-refractivity contribution in [3.05, 3.63) is 11.0 Å². The minimum Gasteiger partial charge on any atom is -0.298 e. The Kier molecular flexibility index (Phi) is 1.90. The lowest BCUT2D eigenvalue weighted by Crippen LogP contribution is -2.25. The van der Waals surface area contributed by atoms with Crippen molar-refractivity contribution in [3.63, 3.8) is 0 Å². The van der Waals surface area contributed by atoms with Gasteiger partial charge in [-0.25, -0.2) is 0 Å². The van der Waals surface area contributed by atoms with E-state index >= 15 is 0 Å². The van der Waals surface area contributed by atoms with E-state index in [2.05, 4.69) is 13.0 Å². The van der Waals surface area contributed by atoms with Gasteiger partial charge in [0.15, 0.2) is 0 Å². The largest absolute Gasteiger partial charge is 0.298 e. The predicted octanol–water partition coefficient (Wildman–Crippen LogP) is 2.37. The second-order valence-corrected chi connectivity index (χ2v) is 4.66. The van der Waals surface area contributed by atoms with Crippen LogP contribution in [0.5, 0.6) is 0 Å². The summed E-state index contributed by atoms with van der Waals surface area (Å²) < 4.78 is -0.149. The third-order valence-electron chi connectivity index (χ3n) is 1.91. The van der Waals surface area contributed by atoms with Crippen LogP contribution in [-0.2, 0) is 4.79 Å². The molecule has 0 fully saturated rings. The Labute approximate surface area is 65.9 Å². The molecule has 1 rings (SSSR count). The number of carbonyl (C=O) groups is 1. The Morgan fingerprint density at radius 2 is 2.40 bits per heavy atom. The first-order valence-corrected chi connectivity index (χ1v) is 4.23. The fraction of sp³-hybridized carbons (Fsp3) is 0.625. The standard InChI is InChI=1S/C8H12OS/c1-6-4-5-8(3,10-6)7(2)9/h4H,5H2,1-3H3. The summed E-state index contributed by atoms with van der Waals surface area (Å²) in [6.07, 6.45) is 3.03. The molecule has 0 saturated carbocycles. The number of thioether (sulfide) groups is 1. The highest BCUT2D eigenvalue weighted by atomic mass is 32.2. The van der Waals surface area contributed by atoms with Crippen molar-refractivity contribution in [2.45, 2.75) is 31.9 Å². The van der Waals surface area contributed by atoms with Crippen LogP contribution in [0.2, 0.25) is 0 Å². The van der Waals surface area contributed by atoms with Crippen molar-refractivity contribution in [3.8, 4) is 0 Å². The number of hydrogen-bond donors (Lipinski definition) is 0. The Morgan fingerprint density at radius 1 is 1.80 bits per heavy atom. The van der Waals surface area contributed by atoms with Gasteiger partial charge in [0.2, 0.25) is 0 Å². The molecule has 1 unspecified atom stereocenters. The molecule has 56 valence electrons. The van der Waals surface area contributed by atoms with Crippen LogP contribution < -0.4 is 0 Å². The number of rotatable bonds is 1. The first-order chi connectivity index (χ1) is 4.54. The average molecular weight is 156 g/mol. The van der Waals surface area contributed by atoms with Gasteiger partial charge in [-0.3, -0.25) is 4.79 Å². The molecule has 0 aromatic heterocycles. The molecule has 0 spiro atoms. The summed E-state index contributed by atoms with van der Waals surface area (Å²) in [6, 6.07) is 0. The summed E-state index contributed by atoms with van der Waals surface area (Å²) in [7, 11) is 0. The molecule has 1 aliphatic rings. The minimum absolute atomic E-state index is 0.149. The van der Waals surface area contributed by atoms with Crippen LogP contribution in [0.3, 0.4) is 0 Å². The van der Waals surface area contributed by atoms with Gasteiger partial charge in [-0.05, 0) is 32.1 Å². The molecule has 0 bridgehead atoms. The maximum Gasteiger partial charge on any atom is 0.146 e. The average Bonchev–Trinajstić information content (AvgIpc) is 2.13. The Hall–Kier alpha value is -0.240. The fourth-order valence-electron chi connectivity index (χ4n) is 0.993. The van der Waals surface area contributed by atoms with Gasteiger partial charge < -0.3 is 0 Å². The highest BCUT2D eigenvalue weighted by Crippen LogP contribution is 2.41. The van der Waals surface area contributed by atoms with E-state index in [-0.39, 0.29) is 10.5 Å². The van der Waals surface area contributed by atoms with Crippen molar-refractivity contribution in [2.24, 2.45) is 0 Å². The SMILES string of the molecule is CC(=O)C1(C)CC=C(C)S1. The number of hydrogen-bond acceptors (Lipinski definition) is 2. The molecular weight excluding hydrogens is 144 g/mol. The van der Waals surface area contributed by atoms with Crippen molar-refractivity contribution in [2.75, 3.05) is 0 Å². The highest BCUT2D eigenvalue weighted by Gasteiger charge is 2.33. The van der Waals surface area contributed by atoms with E-state index in [4.69, 9.17) is 0 Å². The fourth-order valence-corrected chi connectivity index (χ4v) is 2.18. The molecule has 1 atom stereocenters. The smallest absolute Gasteiger partial charge is 0.146 e. The third kappa shape index (κ3) is 1.26. The molecule has 2 heteroatoms. The van der Waals surface area contributed by atoms with Crippen LogP contribution >= 0.6 is 11.8 Å². The Balaban J connectivity index is 2.70. The molecule has 0 aromatic carbocycles. The van der Waals surface area contributed by atoms with Crippen LogP contribution in [0.15, 0.2) is 11.0 Å². The first kappa shape index (κ1) is 7.86. The third-order valence-corrected chi connectivity index (χ3v) is 3.30. The van der Waals surface area contributed by atoms with E-state index in [1.807, 2.05) is 6.92 Å². The minimum atomic E-state index is -0.149. The number of Topliss-reactive ketones (excluding diaryl/α,β-unsaturated/α-hetero) is 1. The van der Waals surface area contributed by atoms with Crippen molar-refractivity contribution in [1.82, 2.24) is 0 Å². The van der Waals surface area contributed by atoms with Crippen LogP contribution in [0.25, 0.3) is 0 Å². The second kappa shape index (κ2) is 2.42. The van der Waals surface area contributed by atoms with Crippen LogP contribution in [0.1, 0.15) is 27.2 Å². The van der Waals surface area contributed by atoms with Gasteiger partial charge in [0, 0.05) is 0 Å². The summed E-state index contributed by atoms with van der Waals surface area (Å²) in [5, 5.41) is 0. The summed E-state index contributed by atoms with van der Waals surface area (Å²) in [4.78, 5) is 12.3. The van der Waals surface area contributed by atoms with Gasteiger partial charge in [0.25, 0.3) is 0 Å². The van der Waals surface area contributed by atoms with Crippen molar-refractivity contribution in [1.29, 1.82) is 0 Å². The highest BCUT2D eigenvalue weighted by molar-refractivity contribution is 8.05. The van der Waals surface area contributed by atoms with E-state index in [1.54, 1.807) is 18.7 Å². The van der Waals surface area contributed by atoms with Gasteiger partial charge in [0.1, 0.15) is 5.78 Å². The maximum absolute atomic E-state index is 11.1. The number of allylic oxidation sites excluding steroid dienone is 2. The normalized spacial score (nSPS) is 32.1. The summed E-state index contributed by atoms with van der Waals surface area (Å²) in [5.74, 6) is 0.283. The molecule has 0 saturated heterocycles. The van der Waals surface area contributed by atoms with Crippen LogP contribution in [-0.4, -0.2) is 10.5 Å². The van der Waals surface area contributed by atoms with Gasteiger partial charge in [-0.15, -0.1) is 11.8 Å². The van der Waals surface area contributed by atoms with Gasteiger partial charge in [-0.2, -0.15) is 0 Å².